The van der Waals surface area contributed by atoms with E-state index in [1.165, 1.54) is 0 Å². The molecule has 1 saturated heterocycles. The Morgan fingerprint density at radius 3 is 2.67 bits per heavy atom. The molecule has 3 rings (SSSR count). The number of carbonyl (C=O) groups excluding carboxylic acids is 2. The Morgan fingerprint density at radius 2 is 2.04 bits per heavy atom. The molecule has 1 unspecified atom stereocenters. The van der Waals surface area contributed by atoms with Gasteiger partial charge in [-0.15, -0.1) is 0 Å². The van der Waals surface area contributed by atoms with E-state index in [1.807, 2.05) is 30.3 Å². The molecule has 0 saturated carbocycles. The lowest BCUT2D eigenvalue weighted by Crippen LogP contribution is -2.32. The van der Waals surface area contributed by atoms with Crippen LogP contribution in [0.4, 0.5) is 0 Å². The fourth-order valence-corrected chi connectivity index (χ4v) is 3.31. The number of likely N-dealkylation sites (tertiary alicyclic amines) is 1. The molecule has 0 aliphatic carbocycles. The minimum Gasteiger partial charge on any atom is -0.369 e. The van der Waals surface area contributed by atoms with Gasteiger partial charge in [-0.25, -0.2) is 4.68 Å². The average Bonchev–Trinajstić information content (AvgIpc) is 3.14. The molecule has 6 nitrogen and oxygen atoms in total. The minimum atomic E-state index is -0.368. The summed E-state index contributed by atoms with van der Waals surface area (Å²) in [4.78, 5) is 25.7. The van der Waals surface area contributed by atoms with Gasteiger partial charge in [-0.05, 0) is 18.9 Å². The normalized spacial score (nSPS) is 17.2. The first-order valence-electron chi connectivity index (χ1n) is 7.82. The third kappa shape index (κ3) is 3.14. The quantitative estimate of drug-likeness (QED) is 0.917. The van der Waals surface area contributed by atoms with Gasteiger partial charge < -0.3 is 10.6 Å². The van der Waals surface area contributed by atoms with Gasteiger partial charge in [0.2, 0.25) is 5.91 Å². The Hall–Kier alpha value is -2.34. The van der Waals surface area contributed by atoms with Gasteiger partial charge in [0.25, 0.3) is 5.91 Å². The number of nitrogens with zero attached hydrogens (tertiary/aromatic N) is 3. The van der Waals surface area contributed by atoms with Crippen molar-refractivity contribution in [1.29, 1.82) is 0 Å². The zero-order valence-corrected chi connectivity index (χ0v) is 14.2. The highest BCUT2D eigenvalue weighted by Gasteiger charge is 2.33. The van der Waals surface area contributed by atoms with Crippen LogP contribution in [0.3, 0.4) is 0 Å². The van der Waals surface area contributed by atoms with Crippen molar-refractivity contribution in [2.45, 2.75) is 19.9 Å². The van der Waals surface area contributed by atoms with Crippen molar-refractivity contribution >= 4 is 23.4 Å². The summed E-state index contributed by atoms with van der Waals surface area (Å²) in [6.07, 6.45) is 0.593. The van der Waals surface area contributed by atoms with E-state index in [0.29, 0.717) is 42.5 Å². The van der Waals surface area contributed by atoms with Crippen LogP contribution in [0.25, 0.3) is 0 Å². The van der Waals surface area contributed by atoms with Crippen LogP contribution in [0.1, 0.15) is 28.0 Å². The maximum atomic E-state index is 12.8. The van der Waals surface area contributed by atoms with Crippen LogP contribution in [0.15, 0.2) is 30.3 Å². The molecule has 2 N–H and O–H groups in total. The second-order valence-corrected chi connectivity index (χ2v) is 6.39. The van der Waals surface area contributed by atoms with Gasteiger partial charge >= 0.3 is 0 Å². The molecule has 0 spiro atoms. The van der Waals surface area contributed by atoms with Gasteiger partial charge in [-0.3, -0.25) is 9.59 Å². The number of carbonyl (C=O) groups is 2. The Balaban J connectivity index is 1.81. The molecule has 1 atom stereocenters. The van der Waals surface area contributed by atoms with Gasteiger partial charge in [0.1, 0.15) is 5.15 Å². The van der Waals surface area contributed by atoms with Gasteiger partial charge in [0.05, 0.1) is 23.7 Å². The van der Waals surface area contributed by atoms with Crippen molar-refractivity contribution < 1.29 is 9.59 Å². The van der Waals surface area contributed by atoms with E-state index < -0.39 is 0 Å². The van der Waals surface area contributed by atoms with E-state index in [-0.39, 0.29) is 17.7 Å². The van der Waals surface area contributed by atoms with Crippen LogP contribution in [-0.4, -0.2) is 39.6 Å². The molecule has 1 fully saturated rings. The Labute approximate surface area is 145 Å². The van der Waals surface area contributed by atoms with E-state index in [2.05, 4.69) is 5.10 Å². The number of amides is 2. The molecule has 0 radical (unpaired) electrons. The Kier molecular flexibility index (Phi) is 4.57. The molecule has 2 aromatic rings. The highest BCUT2D eigenvalue weighted by Crippen LogP contribution is 2.25. The van der Waals surface area contributed by atoms with Crippen LogP contribution in [-0.2, 0) is 11.3 Å². The Bertz CT molecular complexity index is 772. The first kappa shape index (κ1) is 16.5. The monoisotopic (exact) mass is 346 g/mol. The predicted molar refractivity (Wildman–Crippen MR) is 90.7 cm³/mol. The molecule has 0 bridgehead atoms. The molecule has 2 amide bonds. The van der Waals surface area contributed by atoms with E-state index in [1.54, 1.807) is 16.5 Å². The standard InChI is InChI=1S/C17H19ClN4O2/c1-11-14(17(24)21-8-7-13(10-21)16(19)23)15(18)22(20-11)9-12-5-3-2-4-6-12/h2-6,13H,7-10H2,1H3,(H2,19,23). The average molecular weight is 347 g/mol. The summed E-state index contributed by atoms with van der Waals surface area (Å²) in [6.45, 7) is 3.11. The first-order valence-corrected chi connectivity index (χ1v) is 8.20. The zero-order valence-electron chi connectivity index (χ0n) is 13.4. The van der Waals surface area contributed by atoms with Gasteiger partial charge in [0, 0.05) is 13.1 Å². The topological polar surface area (TPSA) is 81.2 Å². The molecule has 1 aromatic carbocycles. The van der Waals surface area contributed by atoms with Crippen LogP contribution in [0.2, 0.25) is 5.15 Å². The number of hydrogen-bond acceptors (Lipinski definition) is 3. The van der Waals surface area contributed by atoms with E-state index in [4.69, 9.17) is 17.3 Å². The maximum Gasteiger partial charge on any atom is 0.258 e. The Morgan fingerprint density at radius 1 is 1.33 bits per heavy atom. The van der Waals surface area contributed by atoms with Crippen molar-refractivity contribution in [2.75, 3.05) is 13.1 Å². The highest BCUT2D eigenvalue weighted by molar-refractivity contribution is 6.33. The summed E-state index contributed by atoms with van der Waals surface area (Å²) in [5.74, 6) is -0.846. The number of aromatic nitrogens is 2. The summed E-state index contributed by atoms with van der Waals surface area (Å²) in [6, 6.07) is 9.79. The number of halogens is 1. The number of aryl methyl sites for hydroxylation is 1. The van der Waals surface area contributed by atoms with E-state index in [9.17, 15) is 9.59 Å². The molecule has 7 heteroatoms. The number of hydrogen-bond donors (Lipinski definition) is 1. The lowest BCUT2D eigenvalue weighted by Gasteiger charge is -2.15. The second kappa shape index (κ2) is 6.65. The molecular formula is C17H19ClN4O2. The third-order valence-corrected chi connectivity index (χ3v) is 4.72. The number of rotatable bonds is 4. The summed E-state index contributed by atoms with van der Waals surface area (Å²) < 4.78 is 1.63. The predicted octanol–water partition coefficient (Wildman–Crippen LogP) is 1.84. The van der Waals surface area contributed by atoms with Crippen LogP contribution < -0.4 is 5.73 Å². The fraction of sp³-hybridized carbons (Fsp3) is 0.353. The number of nitrogens with two attached hydrogens (primary N) is 1. The van der Waals surface area contributed by atoms with Crippen LogP contribution in [0.5, 0.6) is 0 Å². The molecule has 2 heterocycles. The highest BCUT2D eigenvalue weighted by atomic mass is 35.5. The zero-order chi connectivity index (χ0) is 17.3. The van der Waals surface area contributed by atoms with Crippen LogP contribution in [0, 0.1) is 12.8 Å². The number of primary amides is 1. The summed E-state index contributed by atoms with van der Waals surface area (Å²) in [7, 11) is 0. The lowest BCUT2D eigenvalue weighted by atomic mass is 10.1. The van der Waals surface area contributed by atoms with Gasteiger partial charge in [-0.2, -0.15) is 5.10 Å². The summed E-state index contributed by atoms with van der Waals surface area (Å²) in [5.41, 5.74) is 7.37. The molecular weight excluding hydrogens is 328 g/mol. The lowest BCUT2D eigenvalue weighted by molar-refractivity contribution is -0.121. The first-order chi connectivity index (χ1) is 11.5. The van der Waals surface area contributed by atoms with Gasteiger partial charge in [0.15, 0.2) is 0 Å². The van der Waals surface area contributed by atoms with Crippen molar-refractivity contribution in [1.82, 2.24) is 14.7 Å². The van der Waals surface area contributed by atoms with Gasteiger partial charge in [-0.1, -0.05) is 41.9 Å². The fourth-order valence-electron chi connectivity index (χ4n) is 2.99. The van der Waals surface area contributed by atoms with E-state index >= 15 is 0 Å². The minimum absolute atomic E-state index is 0.194. The summed E-state index contributed by atoms with van der Waals surface area (Å²) in [5, 5.41) is 4.72. The molecule has 126 valence electrons. The van der Waals surface area contributed by atoms with Crippen molar-refractivity contribution in [2.24, 2.45) is 11.7 Å². The largest absolute Gasteiger partial charge is 0.369 e. The van der Waals surface area contributed by atoms with Crippen LogP contribution >= 0.6 is 11.6 Å². The van der Waals surface area contributed by atoms with E-state index in [0.717, 1.165) is 5.56 Å². The number of benzene rings is 1. The van der Waals surface area contributed by atoms with Crippen molar-refractivity contribution in [3.63, 3.8) is 0 Å². The SMILES string of the molecule is Cc1nn(Cc2ccccc2)c(Cl)c1C(=O)N1CCC(C(N)=O)C1. The molecule has 1 aliphatic rings. The molecule has 24 heavy (non-hydrogen) atoms. The second-order valence-electron chi connectivity index (χ2n) is 6.03. The van der Waals surface area contributed by atoms with Crippen molar-refractivity contribution in [3.8, 4) is 0 Å². The maximum absolute atomic E-state index is 12.8. The summed E-state index contributed by atoms with van der Waals surface area (Å²) >= 11 is 6.41. The molecule has 1 aliphatic heterocycles. The third-order valence-electron chi connectivity index (χ3n) is 4.33. The van der Waals surface area contributed by atoms with Crippen molar-refractivity contribution in [3.05, 3.63) is 52.3 Å². The molecule has 1 aromatic heterocycles. The smallest absolute Gasteiger partial charge is 0.258 e.